The average molecular weight is 305 g/mol. The van der Waals surface area contributed by atoms with E-state index in [9.17, 15) is 0 Å². The van der Waals surface area contributed by atoms with Gasteiger partial charge in [0.2, 0.25) is 0 Å². The average Bonchev–Trinajstić information content (AvgIpc) is 2.42. The summed E-state index contributed by atoms with van der Waals surface area (Å²) in [5, 5.41) is 6.65. The van der Waals surface area contributed by atoms with Crippen LogP contribution in [0.2, 0.25) is 0 Å². The Morgan fingerprint density at radius 3 is 2.55 bits per heavy atom. The monoisotopic (exact) mass is 304 g/mol. The van der Waals surface area contributed by atoms with Crippen molar-refractivity contribution in [2.45, 2.75) is 25.5 Å². The molecule has 0 spiro atoms. The first kappa shape index (κ1) is 19.5. The van der Waals surface area contributed by atoms with Crippen molar-refractivity contribution in [2.75, 3.05) is 59.7 Å². The van der Waals surface area contributed by atoms with Crippen LogP contribution < -0.4 is 10.6 Å². The lowest BCUT2D eigenvalue weighted by Gasteiger charge is -2.21. The molecule has 0 aromatic heterocycles. The van der Waals surface area contributed by atoms with Crippen LogP contribution in [0.3, 0.4) is 0 Å². The summed E-state index contributed by atoms with van der Waals surface area (Å²) in [6, 6.07) is 0. The van der Waals surface area contributed by atoms with Gasteiger partial charge in [0.25, 0.3) is 0 Å². The Balaban J connectivity index is 4.11. The van der Waals surface area contributed by atoms with E-state index in [0.29, 0.717) is 0 Å². The molecule has 0 saturated carbocycles. The molecule has 0 radical (unpaired) electrons. The first-order valence-corrected chi connectivity index (χ1v) is 8.42. The minimum absolute atomic E-state index is 0.178. The molecule has 0 aromatic rings. The Hall–Kier alpha value is -0.460. The molecule has 20 heavy (non-hydrogen) atoms. The van der Waals surface area contributed by atoms with Crippen molar-refractivity contribution in [1.29, 1.82) is 0 Å². The third-order valence-electron chi connectivity index (χ3n) is 2.98. The fourth-order valence-corrected chi connectivity index (χ4v) is 1.59. The zero-order valence-electron chi connectivity index (χ0n) is 14.0. The van der Waals surface area contributed by atoms with Crippen molar-refractivity contribution in [2.24, 2.45) is 4.99 Å². The van der Waals surface area contributed by atoms with Gasteiger partial charge in [0.1, 0.15) is 0 Å². The third-order valence-corrected chi connectivity index (χ3v) is 4.21. The molecule has 0 heterocycles. The smallest absolute Gasteiger partial charge is 0.191 e. The molecule has 0 aliphatic heterocycles. The van der Waals surface area contributed by atoms with Gasteiger partial charge < -0.3 is 20.3 Å². The standard InChI is InChI=1S/C14H32N4OS/c1-7-15-13(17-12-14(2,3)20-6)16-8-9-18(4)10-11-19-5/h7-12H2,1-6H3,(H2,15,16,17). The normalized spacial score (nSPS) is 12.8. The number of ether oxygens (including phenoxy) is 1. The quantitative estimate of drug-likeness (QED) is 0.470. The maximum Gasteiger partial charge on any atom is 0.191 e. The molecule has 2 N–H and O–H groups in total. The third kappa shape index (κ3) is 10.3. The predicted octanol–water partition coefficient (Wildman–Crippen LogP) is 1.26. The van der Waals surface area contributed by atoms with Crippen LogP contribution in [0.25, 0.3) is 0 Å². The van der Waals surface area contributed by atoms with Gasteiger partial charge in [-0.2, -0.15) is 11.8 Å². The summed E-state index contributed by atoms with van der Waals surface area (Å²) in [4.78, 5) is 6.89. The van der Waals surface area contributed by atoms with Gasteiger partial charge in [0, 0.05) is 38.0 Å². The van der Waals surface area contributed by atoms with Crippen LogP contribution in [-0.4, -0.2) is 75.4 Å². The van der Waals surface area contributed by atoms with Gasteiger partial charge in [-0.15, -0.1) is 0 Å². The second-order valence-electron chi connectivity index (χ2n) is 5.38. The summed E-state index contributed by atoms with van der Waals surface area (Å²) in [6.45, 7) is 11.8. The largest absolute Gasteiger partial charge is 0.383 e. The Bertz CT molecular complexity index is 272. The lowest BCUT2D eigenvalue weighted by atomic mass is 10.2. The molecule has 0 saturated heterocycles. The zero-order valence-corrected chi connectivity index (χ0v) is 14.8. The molecule has 0 amide bonds. The second-order valence-corrected chi connectivity index (χ2v) is 6.90. The highest BCUT2D eigenvalue weighted by molar-refractivity contribution is 7.99. The topological polar surface area (TPSA) is 48.9 Å². The number of thioether (sulfide) groups is 1. The molecular weight excluding hydrogens is 272 g/mol. The van der Waals surface area contributed by atoms with Crippen LogP contribution in [0.1, 0.15) is 20.8 Å². The number of hydrogen-bond donors (Lipinski definition) is 2. The number of guanidine groups is 1. The molecule has 0 aromatic carbocycles. The number of hydrogen-bond acceptors (Lipinski definition) is 4. The highest BCUT2D eigenvalue weighted by Crippen LogP contribution is 2.20. The van der Waals surface area contributed by atoms with E-state index < -0.39 is 0 Å². The van der Waals surface area contributed by atoms with Crippen molar-refractivity contribution in [3.8, 4) is 0 Å². The van der Waals surface area contributed by atoms with E-state index in [-0.39, 0.29) is 4.75 Å². The van der Waals surface area contributed by atoms with Crippen molar-refractivity contribution in [3.63, 3.8) is 0 Å². The second kappa shape index (κ2) is 11.2. The Morgan fingerprint density at radius 2 is 2.00 bits per heavy atom. The van der Waals surface area contributed by atoms with Crippen LogP contribution in [0.15, 0.2) is 4.99 Å². The highest BCUT2D eigenvalue weighted by atomic mass is 32.2. The fourth-order valence-electron chi connectivity index (χ4n) is 1.40. The van der Waals surface area contributed by atoms with E-state index in [1.165, 1.54) is 0 Å². The van der Waals surface area contributed by atoms with Crippen LogP contribution >= 0.6 is 11.8 Å². The van der Waals surface area contributed by atoms with E-state index >= 15 is 0 Å². The van der Waals surface area contributed by atoms with Gasteiger partial charge in [-0.25, -0.2) is 0 Å². The minimum atomic E-state index is 0.178. The fraction of sp³-hybridized carbons (Fsp3) is 0.929. The van der Waals surface area contributed by atoms with E-state index in [1.807, 2.05) is 11.8 Å². The van der Waals surface area contributed by atoms with Gasteiger partial charge in [0.15, 0.2) is 5.96 Å². The van der Waals surface area contributed by atoms with Crippen LogP contribution in [0.4, 0.5) is 0 Å². The first-order chi connectivity index (χ1) is 9.45. The number of nitrogens with one attached hydrogen (secondary N) is 2. The maximum atomic E-state index is 5.07. The molecule has 120 valence electrons. The molecule has 0 unspecified atom stereocenters. The van der Waals surface area contributed by atoms with Gasteiger partial charge >= 0.3 is 0 Å². The lowest BCUT2D eigenvalue weighted by Crippen LogP contribution is -2.42. The van der Waals surface area contributed by atoms with Crippen molar-refractivity contribution < 1.29 is 4.74 Å². The SMILES string of the molecule is CCNC(=NCC(C)(C)SC)NCCN(C)CCOC. The molecule has 0 rings (SSSR count). The van der Waals surface area contributed by atoms with Gasteiger partial charge in [0.05, 0.1) is 13.2 Å². The Labute approximate surface area is 128 Å². The summed E-state index contributed by atoms with van der Waals surface area (Å²) < 4.78 is 5.24. The number of likely N-dealkylation sites (N-methyl/N-ethyl adjacent to an activating group) is 1. The van der Waals surface area contributed by atoms with Crippen LogP contribution in [0, 0.1) is 0 Å². The van der Waals surface area contributed by atoms with Gasteiger partial charge in [-0.3, -0.25) is 4.99 Å². The highest BCUT2D eigenvalue weighted by Gasteiger charge is 2.15. The molecule has 0 atom stereocenters. The van der Waals surface area contributed by atoms with Crippen molar-refractivity contribution in [1.82, 2.24) is 15.5 Å². The van der Waals surface area contributed by atoms with Gasteiger partial charge in [-0.1, -0.05) is 0 Å². The van der Waals surface area contributed by atoms with E-state index in [1.54, 1.807) is 7.11 Å². The van der Waals surface area contributed by atoms with E-state index in [2.05, 4.69) is 54.6 Å². The number of nitrogens with zero attached hydrogens (tertiary/aromatic N) is 2. The molecular formula is C14H32N4OS. The Kier molecular flexibility index (Phi) is 11.0. The van der Waals surface area contributed by atoms with Crippen LogP contribution in [-0.2, 0) is 4.74 Å². The first-order valence-electron chi connectivity index (χ1n) is 7.20. The minimum Gasteiger partial charge on any atom is -0.383 e. The summed E-state index contributed by atoms with van der Waals surface area (Å²) in [6.07, 6.45) is 2.13. The lowest BCUT2D eigenvalue weighted by molar-refractivity contribution is 0.162. The molecule has 0 fully saturated rings. The van der Waals surface area contributed by atoms with E-state index in [4.69, 9.17) is 4.74 Å². The number of methoxy groups -OCH3 is 1. The van der Waals surface area contributed by atoms with Crippen molar-refractivity contribution in [3.05, 3.63) is 0 Å². The summed E-state index contributed by atoms with van der Waals surface area (Å²) >= 11 is 1.84. The maximum absolute atomic E-state index is 5.07. The molecule has 0 aliphatic rings. The van der Waals surface area contributed by atoms with Crippen molar-refractivity contribution >= 4 is 17.7 Å². The number of rotatable bonds is 10. The van der Waals surface area contributed by atoms with Crippen LogP contribution in [0.5, 0.6) is 0 Å². The Morgan fingerprint density at radius 1 is 1.30 bits per heavy atom. The summed E-state index contributed by atoms with van der Waals surface area (Å²) in [7, 11) is 3.83. The zero-order chi connectivity index (χ0) is 15.4. The van der Waals surface area contributed by atoms with Gasteiger partial charge in [-0.05, 0) is 34.1 Å². The molecule has 5 nitrogen and oxygen atoms in total. The predicted molar refractivity (Wildman–Crippen MR) is 90.9 cm³/mol. The molecule has 0 aliphatic carbocycles. The summed E-state index contributed by atoms with van der Waals surface area (Å²) in [5.74, 6) is 0.898. The molecule has 0 bridgehead atoms. The van der Waals surface area contributed by atoms with E-state index in [0.717, 1.165) is 45.3 Å². The molecule has 6 heteroatoms. The number of aliphatic imine (C=N–C) groups is 1. The summed E-state index contributed by atoms with van der Waals surface area (Å²) in [5.41, 5.74) is 0.